The molecule has 2 aromatic carbocycles. The second-order valence-corrected chi connectivity index (χ2v) is 6.12. The first-order valence-corrected chi connectivity index (χ1v) is 8.74. The quantitative estimate of drug-likeness (QED) is 0.671. The van der Waals surface area contributed by atoms with E-state index in [1.165, 1.54) is 5.56 Å². The number of rotatable bonds is 6. The maximum atomic E-state index is 12.4. The number of nitrogens with zero attached hydrogens (tertiary/aromatic N) is 2. The monoisotopic (exact) mass is 366 g/mol. The number of nitrogens with one attached hydrogen (secondary N) is 2. The van der Waals surface area contributed by atoms with Gasteiger partial charge in [0.15, 0.2) is 0 Å². The van der Waals surface area contributed by atoms with Gasteiger partial charge in [0.25, 0.3) is 5.91 Å². The Morgan fingerprint density at radius 1 is 1.08 bits per heavy atom. The molecule has 0 aliphatic carbocycles. The summed E-state index contributed by atoms with van der Waals surface area (Å²) < 4.78 is 0. The lowest BCUT2D eigenvalue weighted by Gasteiger charge is -2.08. The molecule has 1 amide bonds. The molecule has 3 aromatic rings. The van der Waals surface area contributed by atoms with Gasteiger partial charge in [-0.15, -0.1) is 0 Å². The van der Waals surface area contributed by atoms with Gasteiger partial charge >= 0.3 is 0 Å². The minimum absolute atomic E-state index is 0.280. The number of aromatic nitrogens is 2. The van der Waals surface area contributed by atoms with Crippen molar-refractivity contribution in [2.45, 2.75) is 19.9 Å². The molecule has 3 rings (SSSR count). The van der Waals surface area contributed by atoms with Crippen LogP contribution in [0.25, 0.3) is 0 Å². The number of hydrogen-bond acceptors (Lipinski definition) is 4. The molecule has 0 fully saturated rings. The Morgan fingerprint density at radius 2 is 1.85 bits per heavy atom. The van der Waals surface area contributed by atoms with Crippen LogP contribution in [0.15, 0.2) is 60.8 Å². The Hall–Kier alpha value is -2.92. The SMILES string of the molecule is CCc1ccc(NC(=O)c2ccnc(NCc3ccccc3Cl)n2)cc1. The maximum absolute atomic E-state index is 12.4. The zero-order valence-corrected chi connectivity index (χ0v) is 15.1. The average molecular weight is 367 g/mol. The summed E-state index contributed by atoms with van der Waals surface area (Å²) in [4.78, 5) is 20.8. The minimum atomic E-state index is -0.280. The highest BCUT2D eigenvalue weighted by atomic mass is 35.5. The lowest BCUT2D eigenvalue weighted by molar-refractivity contribution is 0.102. The van der Waals surface area contributed by atoms with Crippen molar-refractivity contribution >= 4 is 29.1 Å². The lowest BCUT2D eigenvalue weighted by atomic mass is 10.1. The van der Waals surface area contributed by atoms with Gasteiger partial charge in [-0.1, -0.05) is 48.9 Å². The third-order valence-electron chi connectivity index (χ3n) is 3.90. The van der Waals surface area contributed by atoms with E-state index in [1.54, 1.807) is 12.3 Å². The van der Waals surface area contributed by atoms with E-state index < -0.39 is 0 Å². The molecule has 0 unspecified atom stereocenters. The number of carbonyl (C=O) groups is 1. The molecular formula is C20H19ClN4O. The topological polar surface area (TPSA) is 66.9 Å². The number of hydrogen-bond donors (Lipinski definition) is 2. The molecule has 6 heteroatoms. The van der Waals surface area contributed by atoms with Crippen molar-refractivity contribution in [1.82, 2.24) is 9.97 Å². The summed E-state index contributed by atoms with van der Waals surface area (Å²) in [5, 5.41) is 6.60. The van der Waals surface area contributed by atoms with Crippen molar-refractivity contribution < 1.29 is 4.79 Å². The van der Waals surface area contributed by atoms with E-state index in [9.17, 15) is 4.79 Å². The Kier molecular flexibility index (Phi) is 5.81. The molecule has 0 radical (unpaired) electrons. The van der Waals surface area contributed by atoms with Crippen LogP contribution in [0.2, 0.25) is 5.02 Å². The van der Waals surface area contributed by atoms with Crippen molar-refractivity contribution in [2.24, 2.45) is 0 Å². The van der Waals surface area contributed by atoms with E-state index in [1.807, 2.05) is 48.5 Å². The number of carbonyl (C=O) groups excluding carboxylic acids is 1. The summed E-state index contributed by atoms with van der Waals surface area (Å²) in [6, 6.07) is 16.9. The van der Waals surface area contributed by atoms with Crippen LogP contribution in [-0.2, 0) is 13.0 Å². The molecule has 0 aliphatic rings. The van der Waals surface area contributed by atoms with E-state index in [-0.39, 0.29) is 5.91 Å². The lowest BCUT2D eigenvalue weighted by Crippen LogP contribution is -2.15. The molecule has 2 N–H and O–H groups in total. The van der Waals surface area contributed by atoms with Gasteiger partial charge in [-0.2, -0.15) is 0 Å². The fourth-order valence-electron chi connectivity index (χ4n) is 2.41. The third kappa shape index (κ3) is 4.58. The first-order valence-electron chi connectivity index (χ1n) is 8.36. The van der Waals surface area contributed by atoms with E-state index in [0.717, 1.165) is 17.7 Å². The zero-order chi connectivity index (χ0) is 18.4. The molecule has 1 aromatic heterocycles. The van der Waals surface area contributed by atoms with Gasteiger partial charge in [0.05, 0.1) is 0 Å². The molecule has 5 nitrogen and oxygen atoms in total. The Morgan fingerprint density at radius 3 is 2.58 bits per heavy atom. The zero-order valence-electron chi connectivity index (χ0n) is 14.4. The van der Waals surface area contributed by atoms with Crippen LogP contribution >= 0.6 is 11.6 Å². The smallest absolute Gasteiger partial charge is 0.274 e. The van der Waals surface area contributed by atoms with Crippen molar-refractivity contribution in [3.63, 3.8) is 0 Å². The van der Waals surface area contributed by atoms with Gasteiger partial charge in [-0.05, 0) is 41.8 Å². The first kappa shape index (κ1) is 17.9. The molecule has 26 heavy (non-hydrogen) atoms. The van der Waals surface area contributed by atoms with Crippen LogP contribution in [0.4, 0.5) is 11.6 Å². The predicted molar refractivity (Wildman–Crippen MR) is 105 cm³/mol. The van der Waals surface area contributed by atoms with Crippen molar-refractivity contribution in [2.75, 3.05) is 10.6 Å². The molecule has 0 saturated heterocycles. The van der Waals surface area contributed by atoms with E-state index in [0.29, 0.717) is 23.2 Å². The summed E-state index contributed by atoms with van der Waals surface area (Å²) in [7, 11) is 0. The normalized spacial score (nSPS) is 10.4. The van der Waals surface area contributed by atoms with Crippen LogP contribution < -0.4 is 10.6 Å². The average Bonchev–Trinajstić information content (AvgIpc) is 2.68. The van der Waals surface area contributed by atoms with Crippen LogP contribution in [-0.4, -0.2) is 15.9 Å². The largest absolute Gasteiger partial charge is 0.350 e. The Labute approximate surface area is 157 Å². The van der Waals surface area contributed by atoms with Crippen LogP contribution in [0, 0.1) is 0 Å². The van der Waals surface area contributed by atoms with Gasteiger partial charge in [0, 0.05) is 23.5 Å². The molecule has 0 aliphatic heterocycles. The summed E-state index contributed by atoms with van der Waals surface area (Å²) >= 11 is 6.14. The first-order chi connectivity index (χ1) is 12.7. The minimum Gasteiger partial charge on any atom is -0.350 e. The van der Waals surface area contributed by atoms with Gasteiger partial charge < -0.3 is 10.6 Å². The maximum Gasteiger partial charge on any atom is 0.274 e. The fraction of sp³-hybridized carbons (Fsp3) is 0.150. The standard InChI is InChI=1S/C20H19ClN4O/c1-2-14-7-9-16(10-8-14)24-19(26)18-11-12-22-20(25-18)23-13-15-5-3-4-6-17(15)21/h3-12H,2,13H2,1H3,(H,24,26)(H,22,23,25). The third-order valence-corrected chi connectivity index (χ3v) is 4.27. The number of anilines is 2. The second kappa shape index (κ2) is 8.45. The molecule has 0 spiro atoms. The summed E-state index contributed by atoms with van der Waals surface area (Å²) in [5.41, 5.74) is 3.18. The van der Waals surface area contributed by atoms with E-state index in [2.05, 4.69) is 27.5 Å². The number of aryl methyl sites for hydroxylation is 1. The Balaban J connectivity index is 1.66. The summed E-state index contributed by atoms with van der Waals surface area (Å²) in [6.45, 7) is 2.56. The number of halogens is 1. The number of benzene rings is 2. The molecule has 0 atom stereocenters. The second-order valence-electron chi connectivity index (χ2n) is 5.72. The number of amides is 1. The summed E-state index contributed by atoms with van der Waals surface area (Å²) in [5.74, 6) is 0.0938. The molecule has 1 heterocycles. The highest BCUT2D eigenvalue weighted by Crippen LogP contribution is 2.16. The van der Waals surface area contributed by atoms with Crippen molar-refractivity contribution in [3.05, 3.63) is 82.6 Å². The van der Waals surface area contributed by atoms with Crippen molar-refractivity contribution in [3.8, 4) is 0 Å². The molecular weight excluding hydrogens is 348 g/mol. The van der Waals surface area contributed by atoms with Crippen LogP contribution in [0.1, 0.15) is 28.5 Å². The van der Waals surface area contributed by atoms with Crippen molar-refractivity contribution in [1.29, 1.82) is 0 Å². The highest BCUT2D eigenvalue weighted by molar-refractivity contribution is 6.31. The van der Waals surface area contributed by atoms with E-state index >= 15 is 0 Å². The van der Waals surface area contributed by atoms with E-state index in [4.69, 9.17) is 11.6 Å². The molecule has 0 saturated carbocycles. The van der Waals surface area contributed by atoms with Gasteiger partial charge in [-0.3, -0.25) is 4.79 Å². The fourth-order valence-corrected chi connectivity index (χ4v) is 2.61. The molecule has 132 valence electrons. The van der Waals surface area contributed by atoms with Gasteiger partial charge in [0.2, 0.25) is 5.95 Å². The predicted octanol–water partition coefficient (Wildman–Crippen LogP) is 4.56. The van der Waals surface area contributed by atoms with Crippen LogP contribution in [0.3, 0.4) is 0 Å². The molecule has 0 bridgehead atoms. The summed E-state index contributed by atoms with van der Waals surface area (Å²) in [6.07, 6.45) is 2.51. The highest BCUT2D eigenvalue weighted by Gasteiger charge is 2.09. The van der Waals surface area contributed by atoms with Gasteiger partial charge in [0.1, 0.15) is 5.69 Å². The van der Waals surface area contributed by atoms with Gasteiger partial charge in [-0.25, -0.2) is 9.97 Å². The Bertz CT molecular complexity index is 896. The van der Waals surface area contributed by atoms with Crippen LogP contribution in [0.5, 0.6) is 0 Å².